The predicted octanol–water partition coefficient (Wildman–Crippen LogP) is 8.12. The lowest BCUT2D eigenvalue weighted by molar-refractivity contribution is 0.0596. The molecule has 1 aliphatic rings. The van der Waals surface area contributed by atoms with Gasteiger partial charge >= 0.3 is 12.2 Å². The zero-order chi connectivity index (χ0) is 43.1. The molecule has 2 N–H and O–H groups in total. The zero-order valence-electron chi connectivity index (χ0n) is 36.4. The third-order valence-electron chi connectivity index (χ3n) is 11.5. The third-order valence-corrected chi connectivity index (χ3v) is 11.5. The molecule has 0 heterocycles. The largest absolute Gasteiger partial charge is 0.490 e. The van der Waals surface area contributed by atoms with E-state index in [1.54, 1.807) is 60.7 Å². The van der Waals surface area contributed by atoms with Gasteiger partial charge in [0.2, 0.25) is 0 Å². The van der Waals surface area contributed by atoms with E-state index < -0.39 is 23.3 Å². The average Bonchev–Trinajstić information content (AvgIpc) is 3.17. The van der Waals surface area contributed by atoms with Crippen LogP contribution in [0.1, 0.15) is 100 Å². The van der Waals surface area contributed by atoms with Gasteiger partial charge in [0.1, 0.15) is 37.9 Å². The molecule has 0 spiro atoms. The first kappa shape index (κ1) is 47.7. The summed E-state index contributed by atoms with van der Waals surface area (Å²) in [5.41, 5.74) is -0.511. The molecule has 0 aromatic heterocycles. The van der Waals surface area contributed by atoms with Crippen LogP contribution in [0.2, 0.25) is 0 Å². The molecule has 3 rings (SSSR count). The summed E-state index contributed by atoms with van der Waals surface area (Å²) in [5, 5.41) is 5.91. The van der Waals surface area contributed by atoms with Gasteiger partial charge in [-0.15, -0.1) is 13.2 Å². The molecule has 2 aromatic rings. The Bertz CT molecular complexity index is 1690. The van der Waals surface area contributed by atoms with Gasteiger partial charge in [0.05, 0.1) is 11.1 Å². The third kappa shape index (κ3) is 12.7. The van der Waals surface area contributed by atoms with Gasteiger partial charge in [0, 0.05) is 23.7 Å². The number of nitrogens with zero attached hydrogens (tertiary/aromatic N) is 2. The fraction of sp³-hybridized carbons (Fsp3) is 0.565. The van der Waals surface area contributed by atoms with Crippen molar-refractivity contribution in [2.45, 2.75) is 96.7 Å². The smallest absolute Gasteiger partial charge is 0.407 e. The molecule has 0 saturated heterocycles. The van der Waals surface area contributed by atoms with Crippen molar-refractivity contribution >= 4 is 23.8 Å². The van der Waals surface area contributed by atoms with Gasteiger partial charge in [0.15, 0.2) is 11.6 Å². The fourth-order valence-corrected chi connectivity index (χ4v) is 8.62. The molecular formula is C46H68N4O8. The Morgan fingerprint density at radius 1 is 0.707 bits per heavy atom. The Labute approximate surface area is 346 Å². The van der Waals surface area contributed by atoms with Crippen molar-refractivity contribution in [2.24, 2.45) is 10.8 Å². The summed E-state index contributed by atoms with van der Waals surface area (Å²) in [4.78, 5) is 56.2. The highest BCUT2D eigenvalue weighted by molar-refractivity contribution is 6.04. The molecule has 0 radical (unpaired) electrons. The highest BCUT2D eigenvalue weighted by atomic mass is 16.6. The van der Waals surface area contributed by atoms with Crippen LogP contribution in [-0.4, -0.2) is 112 Å². The number of rotatable bonds is 23. The van der Waals surface area contributed by atoms with Crippen LogP contribution >= 0.6 is 0 Å². The summed E-state index contributed by atoms with van der Waals surface area (Å²) in [6, 6.07) is 13.9. The van der Waals surface area contributed by atoms with E-state index in [1.165, 1.54) is 0 Å². The van der Waals surface area contributed by atoms with Gasteiger partial charge in [0.25, 0.3) is 0 Å². The van der Waals surface area contributed by atoms with Crippen molar-refractivity contribution in [3.63, 3.8) is 0 Å². The van der Waals surface area contributed by atoms with E-state index >= 15 is 0 Å². The molecule has 2 amide bonds. The van der Waals surface area contributed by atoms with E-state index in [9.17, 15) is 19.2 Å². The first-order valence-corrected chi connectivity index (χ1v) is 20.4. The van der Waals surface area contributed by atoms with E-state index in [1.807, 2.05) is 51.8 Å². The van der Waals surface area contributed by atoms with Crippen LogP contribution in [0.3, 0.4) is 0 Å². The number of ketones is 2. The Balaban J connectivity index is 1.41. The molecule has 1 aliphatic carbocycles. The van der Waals surface area contributed by atoms with Crippen LogP contribution in [-0.2, 0) is 9.47 Å². The molecule has 1 fully saturated rings. The summed E-state index contributed by atoms with van der Waals surface area (Å²) in [6.07, 6.45) is 7.15. The van der Waals surface area contributed by atoms with E-state index in [4.69, 9.17) is 18.9 Å². The van der Waals surface area contributed by atoms with Gasteiger partial charge in [-0.3, -0.25) is 19.4 Å². The summed E-state index contributed by atoms with van der Waals surface area (Å²) < 4.78 is 22.4. The molecule has 12 heteroatoms. The number of amides is 2. The lowest BCUT2D eigenvalue weighted by Crippen LogP contribution is -2.50. The van der Waals surface area contributed by atoms with Crippen LogP contribution in [0, 0.1) is 10.8 Å². The summed E-state index contributed by atoms with van der Waals surface area (Å²) in [6.45, 7) is 18.9. The topological polar surface area (TPSA) is 136 Å². The van der Waals surface area contributed by atoms with Crippen molar-refractivity contribution in [1.82, 2.24) is 20.4 Å². The predicted molar refractivity (Wildman–Crippen MR) is 229 cm³/mol. The highest BCUT2D eigenvalue weighted by Crippen LogP contribution is 2.46. The van der Waals surface area contributed by atoms with E-state index in [2.05, 4.69) is 44.6 Å². The number of carbonyl (C=O) groups excluding carboxylic acids is 4. The van der Waals surface area contributed by atoms with E-state index in [0.29, 0.717) is 61.3 Å². The minimum absolute atomic E-state index is 0.0307. The fourth-order valence-electron chi connectivity index (χ4n) is 8.62. The van der Waals surface area contributed by atoms with Crippen LogP contribution in [0.4, 0.5) is 9.59 Å². The lowest BCUT2D eigenvalue weighted by Gasteiger charge is -2.46. The van der Waals surface area contributed by atoms with Crippen LogP contribution in [0.5, 0.6) is 11.5 Å². The first-order chi connectivity index (χ1) is 27.4. The average molecular weight is 805 g/mol. The maximum Gasteiger partial charge on any atom is 0.407 e. The molecule has 0 bridgehead atoms. The molecule has 320 valence electrons. The van der Waals surface area contributed by atoms with Crippen molar-refractivity contribution in [3.05, 3.63) is 85.0 Å². The molecule has 4 atom stereocenters. The normalized spacial score (nSPS) is 19.5. The number of likely N-dealkylation sites (N-methyl/N-ethyl adjacent to an activating group) is 2. The molecule has 0 aliphatic heterocycles. The number of ether oxygens (including phenoxy) is 4. The Morgan fingerprint density at radius 3 is 1.53 bits per heavy atom. The van der Waals surface area contributed by atoms with Gasteiger partial charge in [-0.2, -0.15) is 0 Å². The maximum atomic E-state index is 13.4. The quantitative estimate of drug-likeness (QED) is 0.0644. The number of hydrogen-bond donors (Lipinski definition) is 2. The highest BCUT2D eigenvalue weighted by Gasteiger charge is 2.42. The second-order valence-electron chi connectivity index (χ2n) is 17.0. The Morgan fingerprint density at radius 2 is 1.14 bits per heavy atom. The molecule has 2 aromatic carbocycles. The number of nitrogens with one attached hydrogen (secondary N) is 2. The summed E-state index contributed by atoms with van der Waals surface area (Å²) >= 11 is 0. The van der Waals surface area contributed by atoms with Crippen molar-refractivity contribution in [2.75, 3.05) is 61.2 Å². The number of carbonyl (C=O) groups is 4. The number of alkyl carbamates (subject to hydrolysis) is 2. The summed E-state index contributed by atoms with van der Waals surface area (Å²) in [5.74, 6) is 1.20. The molecule has 58 heavy (non-hydrogen) atoms. The van der Waals surface area contributed by atoms with Crippen molar-refractivity contribution < 1.29 is 38.1 Å². The second kappa shape index (κ2) is 21.4. The Kier molecular flexibility index (Phi) is 17.6. The number of benzene rings is 2. The molecular weight excluding hydrogens is 737 g/mol. The van der Waals surface area contributed by atoms with Crippen LogP contribution in [0.25, 0.3) is 0 Å². The van der Waals surface area contributed by atoms with Crippen LogP contribution < -0.4 is 20.1 Å². The molecule has 1 saturated carbocycles. The minimum atomic E-state index is -0.656. The first-order valence-electron chi connectivity index (χ1n) is 20.4. The van der Waals surface area contributed by atoms with Crippen LogP contribution in [0.15, 0.2) is 73.8 Å². The molecule has 12 nitrogen and oxygen atoms in total. The van der Waals surface area contributed by atoms with Gasteiger partial charge in [-0.05, 0) is 132 Å². The van der Waals surface area contributed by atoms with E-state index in [0.717, 1.165) is 12.8 Å². The lowest BCUT2D eigenvalue weighted by atomic mass is 9.62. The molecule has 4 unspecified atom stereocenters. The van der Waals surface area contributed by atoms with Gasteiger partial charge < -0.3 is 29.6 Å². The SMILES string of the molecule is C=CCC(CC)(C(=O)c1ccc(OCCOC(=O)NCC2(C)CC(NC(=O)OCCOc3ccc(C(=O)C(CC)(CC=C)N(C)C)cc3)CC(C)(C)C2)cc1)N(C)C. The minimum Gasteiger partial charge on any atom is -0.490 e. The standard InChI is InChI=1S/C46H68N4O8/c1-12-24-45(14-3,49(8)9)39(51)34-16-20-37(21-17-34)55-26-28-57-41(53)47-33-44(7)31-36(30-43(5,6)32-44)48-42(54)58-29-27-56-38-22-18-35(19-23-38)40(52)46(15-4,25-13-2)50(10)11/h12-13,16-23,36H,1-2,14-15,24-33H2,3-11H3,(H,47,53)(H,48,54). The van der Waals surface area contributed by atoms with Gasteiger partial charge in [-0.1, -0.05) is 46.8 Å². The maximum absolute atomic E-state index is 13.4. The van der Waals surface area contributed by atoms with Crippen molar-refractivity contribution in [3.8, 4) is 11.5 Å². The van der Waals surface area contributed by atoms with Crippen molar-refractivity contribution in [1.29, 1.82) is 0 Å². The number of Topliss-reactive ketones (excluding diaryl/α,β-unsaturated/α-hetero) is 2. The monoisotopic (exact) mass is 805 g/mol. The van der Waals surface area contributed by atoms with Gasteiger partial charge in [-0.25, -0.2) is 9.59 Å². The zero-order valence-corrected chi connectivity index (χ0v) is 36.4. The number of hydrogen-bond acceptors (Lipinski definition) is 10. The Hall–Kier alpha value is -4.68. The second-order valence-corrected chi connectivity index (χ2v) is 17.0. The summed E-state index contributed by atoms with van der Waals surface area (Å²) in [7, 11) is 7.63. The van der Waals surface area contributed by atoms with E-state index in [-0.39, 0.29) is 54.9 Å².